The molecule has 3 N–H and O–H groups in total. The maximum atomic E-state index is 12.4. The fraction of sp³-hybridized carbons (Fsp3) is 0.143. The molecule has 3 aromatic carbocycles. The van der Waals surface area contributed by atoms with E-state index in [0.717, 1.165) is 20.9 Å². The van der Waals surface area contributed by atoms with Gasteiger partial charge in [0, 0.05) is 15.7 Å². The molecule has 0 saturated carbocycles. The average Bonchev–Trinajstić information content (AvgIpc) is 2.69. The van der Waals surface area contributed by atoms with E-state index in [1.165, 1.54) is 6.21 Å². The van der Waals surface area contributed by atoms with Crippen LogP contribution in [0.25, 0.3) is 10.8 Å². The Morgan fingerprint density at radius 1 is 1.15 bits per heavy atom. The summed E-state index contributed by atoms with van der Waals surface area (Å²) in [6, 6.07) is 18.4. The molecule has 5 nitrogen and oxygen atoms in total. The van der Waals surface area contributed by atoms with E-state index < -0.39 is 6.04 Å². The monoisotopic (exact) mass is 425 g/mol. The van der Waals surface area contributed by atoms with Crippen LogP contribution in [0.5, 0.6) is 5.75 Å². The second kappa shape index (κ2) is 8.68. The van der Waals surface area contributed by atoms with E-state index in [0.29, 0.717) is 12.0 Å². The van der Waals surface area contributed by atoms with Crippen molar-refractivity contribution in [2.45, 2.75) is 19.4 Å². The number of carbonyl (C=O) groups is 1. The van der Waals surface area contributed by atoms with Crippen LogP contribution in [0.1, 0.15) is 18.9 Å². The summed E-state index contributed by atoms with van der Waals surface area (Å²) in [5.41, 5.74) is 3.98. The number of phenolic OH excluding ortho intramolecular Hbond substituents is 1. The highest BCUT2D eigenvalue weighted by molar-refractivity contribution is 9.10. The summed E-state index contributed by atoms with van der Waals surface area (Å²) in [6.45, 7) is 1.93. The van der Waals surface area contributed by atoms with Crippen LogP contribution in [-0.2, 0) is 4.79 Å². The molecule has 0 heterocycles. The molecule has 0 saturated heterocycles. The number of aromatic hydroxyl groups is 1. The Balaban J connectivity index is 1.70. The normalized spacial score (nSPS) is 12.2. The van der Waals surface area contributed by atoms with E-state index in [9.17, 15) is 9.90 Å². The van der Waals surface area contributed by atoms with Gasteiger partial charge in [0.15, 0.2) is 0 Å². The molecule has 0 fully saturated rings. The van der Waals surface area contributed by atoms with Crippen molar-refractivity contribution < 1.29 is 9.90 Å². The fourth-order valence-electron chi connectivity index (χ4n) is 2.76. The first kappa shape index (κ1) is 18.9. The maximum Gasteiger partial charge on any atom is 0.262 e. The number of halogens is 1. The van der Waals surface area contributed by atoms with Crippen LogP contribution in [0.15, 0.2) is 70.2 Å². The molecular weight excluding hydrogens is 406 g/mol. The number of nitrogens with one attached hydrogen (secondary N) is 2. The molecule has 138 valence electrons. The molecule has 3 rings (SSSR count). The van der Waals surface area contributed by atoms with Crippen molar-refractivity contribution in [2.24, 2.45) is 5.10 Å². The number of phenols is 1. The number of fused-ring (bicyclic) bond motifs is 1. The van der Waals surface area contributed by atoms with Crippen molar-refractivity contribution in [3.8, 4) is 5.75 Å². The molecule has 0 spiro atoms. The van der Waals surface area contributed by atoms with Crippen LogP contribution in [0.4, 0.5) is 5.69 Å². The SMILES string of the molecule is CCC(Nc1ccc(Br)cc1)C(=O)NN=Cc1c(O)ccc2ccccc12. The van der Waals surface area contributed by atoms with Crippen molar-refractivity contribution in [2.75, 3.05) is 5.32 Å². The number of anilines is 1. The van der Waals surface area contributed by atoms with Crippen LogP contribution < -0.4 is 10.7 Å². The van der Waals surface area contributed by atoms with Crippen molar-refractivity contribution in [3.63, 3.8) is 0 Å². The number of nitrogens with zero attached hydrogens (tertiary/aromatic N) is 1. The number of amides is 1. The summed E-state index contributed by atoms with van der Waals surface area (Å²) < 4.78 is 0.977. The molecule has 1 amide bonds. The zero-order chi connectivity index (χ0) is 19.2. The van der Waals surface area contributed by atoms with Crippen molar-refractivity contribution in [1.29, 1.82) is 0 Å². The molecule has 6 heteroatoms. The van der Waals surface area contributed by atoms with E-state index in [1.54, 1.807) is 6.07 Å². The summed E-state index contributed by atoms with van der Waals surface area (Å²) in [7, 11) is 0. The van der Waals surface area contributed by atoms with Gasteiger partial charge in [-0.2, -0.15) is 5.10 Å². The number of carbonyl (C=O) groups excluding carboxylic acids is 1. The topological polar surface area (TPSA) is 73.7 Å². The van der Waals surface area contributed by atoms with E-state index in [1.807, 2.05) is 61.5 Å². The highest BCUT2D eigenvalue weighted by Gasteiger charge is 2.15. The van der Waals surface area contributed by atoms with E-state index in [2.05, 4.69) is 31.8 Å². The maximum absolute atomic E-state index is 12.4. The van der Waals surface area contributed by atoms with Crippen LogP contribution >= 0.6 is 15.9 Å². The third-order valence-electron chi connectivity index (χ3n) is 4.23. The van der Waals surface area contributed by atoms with Gasteiger partial charge in [-0.05, 0) is 47.5 Å². The number of rotatable bonds is 6. The van der Waals surface area contributed by atoms with Gasteiger partial charge in [-0.25, -0.2) is 5.43 Å². The molecule has 0 radical (unpaired) electrons. The third kappa shape index (κ3) is 4.65. The van der Waals surface area contributed by atoms with Gasteiger partial charge in [-0.1, -0.05) is 53.2 Å². The molecule has 0 bridgehead atoms. The number of hydrazone groups is 1. The molecule has 0 aliphatic carbocycles. The summed E-state index contributed by atoms with van der Waals surface area (Å²) in [5, 5.41) is 19.2. The predicted molar refractivity (Wildman–Crippen MR) is 113 cm³/mol. The lowest BCUT2D eigenvalue weighted by molar-refractivity contribution is -0.121. The first-order chi connectivity index (χ1) is 13.1. The minimum Gasteiger partial charge on any atom is -0.507 e. The third-order valence-corrected chi connectivity index (χ3v) is 4.75. The minimum atomic E-state index is -0.413. The quantitative estimate of drug-likeness (QED) is 0.397. The summed E-state index contributed by atoms with van der Waals surface area (Å²) in [6.07, 6.45) is 2.08. The molecule has 0 aliphatic heterocycles. The second-order valence-corrected chi connectivity index (χ2v) is 6.98. The molecule has 1 unspecified atom stereocenters. The van der Waals surface area contributed by atoms with Gasteiger partial charge in [-0.3, -0.25) is 4.79 Å². The lowest BCUT2D eigenvalue weighted by atomic mass is 10.0. The smallest absolute Gasteiger partial charge is 0.262 e. The van der Waals surface area contributed by atoms with E-state index in [4.69, 9.17) is 0 Å². The van der Waals surface area contributed by atoms with E-state index in [-0.39, 0.29) is 11.7 Å². The summed E-state index contributed by atoms with van der Waals surface area (Å²) in [5.74, 6) is -0.122. The Labute approximate surface area is 166 Å². The van der Waals surface area contributed by atoms with Crippen LogP contribution in [0.2, 0.25) is 0 Å². The lowest BCUT2D eigenvalue weighted by Crippen LogP contribution is -2.36. The average molecular weight is 426 g/mol. The molecular formula is C21H20BrN3O2. The molecule has 0 aromatic heterocycles. The first-order valence-electron chi connectivity index (χ1n) is 8.64. The number of hydrogen-bond donors (Lipinski definition) is 3. The standard InChI is InChI=1S/C21H20BrN3O2/c1-2-19(24-16-10-8-15(22)9-11-16)21(27)25-23-13-18-17-6-4-3-5-14(17)7-12-20(18)26/h3-13,19,24,26H,2H2,1H3,(H,25,27). The number of benzene rings is 3. The Morgan fingerprint density at radius 2 is 1.89 bits per heavy atom. The zero-order valence-corrected chi connectivity index (χ0v) is 16.4. The van der Waals surface area contributed by atoms with Crippen LogP contribution in [0, 0.1) is 0 Å². The Hall–Kier alpha value is -2.86. The molecule has 1 atom stereocenters. The van der Waals surface area contributed by atoms with E-state index >= 15 is 0 Å². The predicted octanol–water partition coefficient (Wildman–Crippen LogP) is 4.65. The summed E-state index contributed by atoms with van der Waals surface area (Å²) in [4.78, 5) is 12.4. The van der Waals surface area contributed by atoms with Gasteiger partial charge in [0.1, 0.15) is 11.8 Å². The fourth-order valence-corrected chi connectivity index (χ4v) is 3.02. The van der Waals surface area contributed by atoms with Gasteiger partial charge < -0.3 is 10.4 Å². The largest absolute Gasteiger partial charge is 0.507 e. The Morgan fingerprint density at radius 3 is 2.63 bits per heavy atom. The molecule has 0 aliphatic rings. The minimum absolute atomic E-state index is 0.117. The highest BCUT2D eigenvalue weighted by Crippen LogP contribution is 2.25. The van der Waals surface area contributed by atoms with Crippen molar-refractivity contribution >= 4 is 44.5 Å². The van der Waals surface area contributed by atoms with Gasteiger partial charge in [-0.15, -0.1) is 0 Å². The highest BCUT2D eigenvalue weighted by atomic mass is 79.9. The van der Waals surface area contributed by atoms with Gasteiger partial charge in [0.25, 0.3) is 5.91 Å². The zero-order valence-electron chi connectivity index (χ0n) is 14.8. The number of hydrogen-bond acceptors (Lipinski definition) is 4. The first-order valence-corrected chi connectivity index (χ1v) is 9.43. The van der Waals surface area contributed by atoms with Crippen LogP contribution in [0.3, 0.4) is 0 Å². The molecule has 27 heavy (non-hydrogen) atoms. The lowest BCUT2D eigenvalue weighted by Gasteiger charge is -2.16. The Kier molecular flexibility index (Phi) is 6.08. The van der Waals surface area contributed by atoms with Crippen molar-refractivity contribution in [3.05, 3.63) is 70.7 Å². The second-order valence-electron chi connectivity index (χ2n) is 6.07. The summed E-state index contributed by atoms with van der Waals surface area (Å²) >= 11 is 3.39. The Bertz CT molecular complexity index is 971. The van der Waals surface area contributed by atoms with Crippen LogP contribution in [-0.4, -0.2) is 23.3 Å². The van der Waals surface area contributed by atoms with Crippen molar-refractivity contribution in [1.82, 2.24) is 5.43 Å². The van der Waals surface area contributed by atoms with Gasteiger partial charge in [0.05, 0.1) is 6.21 Å². The van der Waals surface area contributed by atoms with Gasteiger partial charge >= 0.3 is 0 Å². The van der Waals surface area contributed by atoms with Gasteiger partial charge in [0.2, 0.25) is 0 Å². The molecule has 3 aromatic rings.